The highest BCUT2D eigenvalue weighted by atomic mass is 32.2. The predicted octanol–water partition coefficient (Wildman–Crippen LogP) is 5.26. The number of amides is 1. The van der Waals surface area contributed by atoms with Gasteiger partial charge in [-0.1, -0.05) is 54.2 Å². The Morgan fingerprint density at radius 2 is 1.73 bits per heavy atom. The minimum atomic E-state index is -0.449. The van der Waals surface area contributed by atoms with Gasteiger partial charge in [0.05, 0.1) is 24.6 Å². The Morgan fingerprint density at radius 1 is 1.03 bits per heavy atom. The van der Waals surface area contributed by atoms with E-state index >= 15 is 0 Å². The number of hydrogen-bond acceptors (Lipinski definition) is 5. The van der Waals surface area contributed by atoms with Gasteiger partial charge in [-0.15, -0.1) is 10.2 Å². The molecule has 1 unspecified atom stereocenters. The Labute approximate surface area is 195 Å². The van der Waals surface area contributed by atoms with Crippen LogP contribution < -0.4 is 10.1 Å². The van der Waals surface area contributed by atoms with Crippen LogP contribution in [0.2, 0.25) is 0 Å². The minimum absolute atomic E-state index is 0.179. The standard InChI is InChI=1S/C25H23FN4O2S/c1-17(24(31)27-21-10-6-7-11-22(21)32-2)33-25-29-28-23(19-12-14-20(26)15-13-19)30(25)16-18-8-4-3-5-9-18/h3-15,17H,16H2,1-2H3,(H,27,31). The lowest BCUT2D eigenvalue weighted by Gasteiger charge is -2.15. The Kier molecular flexibility index (Phi) is 7.04. The number of aromatic nitrogens is 3. The van der Waals surface area contributed by atoms with Crippen LogP contribution in [0.25, 0.3) is 11.4 Å². The molecular weight excluding hydrogens is 439 g/mol. The van der Waals surface area contributed by atoms with Gasteiger partial charge < -0.3 is 10.1 Å². The first kappa shape index (κ1) is 22.5. The van der Waals surface area contributed by atoms with E-state index in [0.717, 1.165) is 11.1 Å². The number of nitrogens with zero attached hydrogens (tertiary/aromatic N) is 3. The van der Waals surface area contributed by atoms with Crippen molar-refractivity contribution in [3.05, 3.63) is 90.2 Å². The lowest BCUT2D eigenvalue weighted by atomic mass is 10.2. The van der Waals surface area contributed by atoms with Crippen molar-refractivity contribution < 1.29 is 13.9 Å². The third-order valence-electron chi connectivity index (χ3n) is 5.02. The van der Waals surface area contributed by atoms with Crippen LogP contribution in [0.4, 0.5) is 10.1 Å². The normalized spacial score (nSPS) is 11.7. The van der Waals surface area contributed by atoms with Gasteiger partial charge in [0.2, 0.25) is 5.91 Å². The molecule has 0 saturated carbocycles. The second-order valence-corrected chi connectivity index (χ2v) is 8.64. The summed E-state index contributed by atoms with van der Waals surface area (Å²) in [6, 6.07) is 23.3. The van der Waals surface area contributed by atoms with Gasteiger partial charge >= 0.3 is 0 Å². The van der Waals surface area contributed by atoms with E-state index in [4.69, 9.17) is 4.74 Å². The number of nitrogens with one attached hydrogen (secondary N) is 1. The summed E-state index contributed by atoms with van der Waals surface area (Å²) in [6.07, 6.45) is 0. The van der Waals surface area contributed by atoms with Crippen molar-refractivity contribution >= 4 is 23.4 Å². The van der Waals surface area contributed by atoms with Crippen LogP contribution in [0.15, 0.2) is 84.0 Å². The van der Waals surface area contributed by atoms with Crippen molar-refractivity contribution in [3.8, 4) is 17.1 Å². The number of para-hydroxylation sites is 2. The Hall–Kier alpha value is -3.65. The molecule has 0 saturated heterocycles. The molecule has 0 fully saturated rings. The van der Waals surface area contributed by atoms with Crippen molar-refractivity contribution in [1.29, 1.82) is 0 Å². The number of methoxy groups -OCH3 is 1. The number of ether oxygens (including phenoxy) is 1. The molecule has 0 radical (unpaired) electrons. The van der Waals surface area contributed by atoms with Gasteiger partial charge in [-0.3, -0.25) is 9.36 Å². The zero-order chi connectivity index (χ0) is 23.2. The van der Waals surface area contributed by atoms with Crippen LogP contribution in [-0.2, 0) is 11.3 Å². The van der Waals surface area contributed by atoms with E-state index < -0.39 is 5.25 Å². The zero-order valence-electron chi connectivity index (χ0n) is 18.2. The number of benzene rings is 3. The van der Waals surface area contributed by atoms with E-state index in [9.17, 15) is 9.18 Å². The molecule has 0 aliphatic heterocycles. The summed E-state index contributed by atoms with van der Waals surface area (Å²) in [5.74, 6) is 0.707. The number of anilines is 1. The highest BCUT2D eigenvalue weighted by molar-refractivity contribution is 8.00. The molecule has 0 aliphatic carbocycles. The lowest BCUT2D eigenvalue weighted by Crippen LogP contribution is -2.23. The van der Waals surface area contributed by atoms with E-state index in [0.29, 0.717) is 29.0 Å². The molecule has 4 aromatic rings. The molecule has 1 heterocycles. The molecule has 1 atom stereocenters. The minimum Gasteiger partial charge on any atom is -0.495 e. The summed E-state index contributed by atoms with van der Waals surface area (Å²) in [5, 5.41) is 11.8. The Morgan fingerprint density at radius 3 is 2.45 bits per heavy atom. The Bertz CT molecular complexity index is 1230. The van der Waals surface area contributed by atoms with Gasteiger partial charge in [-0.2, -0.15) is 0 Å². The molecule has 0 aliphatic rings. The van der Waals surface area contributed by atoms with Crippen LogP contribution in [-0.4, -0.2) is 33.0 Å². The average molecular weight is 463 g/mol. The molecular formula is C25H23FN4O2S. The van der Waals surface area contributed by atoms with Crippen LogP contribution in [0.3, 0.4) is 0 Å². The van der Waals surface area contributed by atoms with Crippen LogP contribution >= 0.6 is 11.8 Å². The summed E-state index contributed by atoms with van der Waals surface area (Å²) in [5.41, 5.74) is 2.42. The third-order valence-corrected chi connectivity index (χ3v) is 6.10. The molecule has 1 N–H and O–H groups in total. The zero-order valence-corrected chi connectivity index (χ0v) is 19.1. The SMILES string of the molecule is COc1ccccc1NC(=O)C(C)Sc1nnc(-c2ccc(F)cc2)n1Cc1ccccc1. The maximum atomic E-state index is 13.4. The van der Waals surface area contributed by atoms with Crippen LogP contribution in [0.1, 0.15) is 12.5 Å². The van der Waals surface area contributed by atoms with Gasteiger partial charge in [-0.25, -0.2) is 4.39 Å². The van der Waals surface area contributed by atoms with Crippen molar-refractivity contribution in [2.75, 3.05) is 12.4 Å². The van der Waals surface area contributed by atoms with Crippen molar-refractivity contribution in [3.63, 3.8) is 0 Å². The molecule has 6 nitrogen and oxygen atoms in total. The maximum Gasteiger partial charge on any atom is 0.237 e. The maximum absolute atomic E-state index is 13.4. The first-order valence-electron chi connectivity index (χ1n) is 10.4. The quantitative estimate of drug-likeness (QED) is 0.362. The smallest absolute Gasteiger partial charge is 0.237 e. The largest absolute Gasteiger partial charge is 0.495 e. The summed E-state index contributed by atoms with van der Waals surface area (Å²) >= 11 is 1.31. The molecule has 1 amide bonds. The summed E-state index contributed by atoms with van der Waals surface area (Å²) in [7, 11) is 1.56. The topological polar surface area (TPSA) is 69.0 Å². The molecule has 0 spiro atoms. The van der Waals surface area contributed by atoms with Gasteiger partial charge in [-0.05, 0) is 48.9 Å². The fourth-order valence-corrected chi connectivity index (χ4v) is 4.14. The van der Waals surface area contributed by atoms with E-state index in [1.165, 1.54) is 23.9 Å². The van der Waals surface area contributed by atoms with Crippen molar-refractivity contribution in [2.24, 2.45) is 0 Å². The van der Waals surface area contributed by atoms with Crippen molar-refractivity contribution in [1.82, 2.24) is 14.8 Å². The van der Waals surface area contributed by atoms with E-state index in [1.54, 1.807) is 31.4 Å². The molecule has 33 heavy (non-hydrogen) atoms. The number of rotatable bonds is 8. The monoisotopic (exact) mass is 462 g/mol. The van der Waals surface area contributed by atoms with Gasteiger partial charge in [0.25, 0.3) is 0 Å². The number of hydrogen-bond donors (Lipinski definition) is 1. The molecule has 0 bridgehead atoms. The predicted molar refractivity (Wildman–Crippen MR) is 128 cm³/mol. The molecule has 3 aromatic carbocycles. The second kappa shape index (κ2) is 10.3. The number of thioether (sulfide) groups is 1. The molecule has 8 heteroatoms. The highest BCUT2D eigenvalue weighted by Crippen LogP contribution is 2.30. The highest BCUT2D eigenvalue weighted by Gasteiger charge is 2.22. The fourth-order valence-electron chi connectivity index (χ4n) is 3.29. The Balaban J connectivity index is 1.59. The first-order valence-corrected chi connectivity index (χ1v) is 11.3. The van der Waals surface area contributed by atoms with Crippen LogP contribution in [0.5, 0.6) is 5.75 Å². The molecule has 168 valence electrons. The summed E-state index contributed by atoms with van der Waals surface area (Å²) in [6.45, 7) is 2.33. The summed E-state index contributed by atoms with van der Waals surface area (Å²) in [4.78, 5) is 12.9. The lowest BCUT2D eigenvalue weighted by molar-refractivity contribution is -0.115. The van der Waals surface area contributed by atoms with Gasteiger partial charge in [0.15, 0.2) is 11.0 Å². The molecule has 4 rings (SSSR count). The van der Waals surface area contributed by atoms with E-state index in [1.807, 2.05) is 54.0 Å². The van der Waals surface area contributed by atoms with Crippen molar-refractivity contribution in [2.45, 2.75) is 23.9 Å². The second-order valence-electron chi connectivity index (χ2n) is 7.33. The fraction of sp³-hybridized carbons (Fsp3) is 0.160. The number of carbonyl (C=O) groups is 1. The first-order chi connectivity index (χ1) is 16.0. The van der Waals surface area contributed by atoms with Gasteiger partial charge in [0, 0.05) is 5.56 Å². The number of carbonyl (C=O) groups excluding carboxylic acids is 1. The van der Waals surface area contributed by atoms with E-state index in [2.05, 4.69) is 15.5 Å². The molecule has 1 aromatic heterocycles. The number of halogens is 1. The van der Waals surface area contributed by atoms with Gasteiger partial charge in [0.1, 0.15) is 11.6 Å². The average Bonchev–Trinajstić information content (AvgIpc) is 3.22. The van der Waals surface area contributed by atoms with E-state index in [-0.39, 0.29) is 11.7 Å². The summed E-state index contributed by atoms with van der Waals surface area (Å²) < 4.78 is 20.7. The van der Waals surface area contributed by atoms with Crippen LogP contribution in [0, 0.1) is 5.82 Å². The third kappa shape index (κ3) is 5.40.